The molecule has 2 atom stereocenters. The molecule has 3 fully saturated rings. The van der Waals surface area contributed by atoms with Gasteiger partial charge in [-0.3, -0.25) is 4.79 Å². The van der Waals surface area contributed by atoms with Crippen LogP contribution in [0.2, 0.25) is 0 Å². The average Bonchev–Trinajstić information content (AvgIpc) is 3.52. The molecule has 31 heavy (non-hydrogen) atoms. The van der Waals surface area contributed by atoms with Gasteiger partial charge in [0.1, 0.15) is 12.6 Å². The monoisotopic (exact) mass is 420 g/mol. The van der Waals surface area contributed by atoms with Crippen LogP contribution in [0, 0.1) is 0 Å². The Kier molecular flexibility index (Phi) is 4.14. The predicted octanol–water partition coefficient (Wildman–Crippen LogP) is 2.19. The van der Waals surface area contributed by atoms with E-state index in [0.717, 1.165) is 12.8 Å². The first-order chi connectivity index (χ1) is 15.2. The van der Waals surface area contributed by atoms with E-state index in [1.54, 1.807) is 17.8 Å². The van der Waals surface area contributed by atoms with Crippen molar-refractivity contribution < 1.29 is 14.3 Å². The zero-order chi connectivity index (χ0) is 21.0. The van der Waals surface area contributed by atoms with Crippen LogP contribution in [0.4, 0.5) is 5.95 Å². The first-order valence-electron chi connectivity index (χ1n) is 10.7. The van der Waals surface area contributed by atoms with Crippen molar-refractivity contribution in [2.45, 2.75) is 43.6 Å². The molecule has 1 spiro atoms. The van der Waals surface area contributed by atoms with Gasteiger partial charge < -0.3 is 19.3 Å². The lowest BCUT2D eigenvalue weighted by atomic mass is 9.89. The molecule has 3 aliphatic rings. The van der Waals surface area contributed by atoms with Crippen molar-refractivity contribution in [3.63, 3.8) is 0 Å². The molecule has 0 unspecified atom stereocenters. The fourth-order valence-corrected chi connectivity index (χ4v) is 5.26. The highest BCUT2D eigenvalue weighted by Gasteiger charge is 2.58. The number of fused-ring (bicyclic) bond motifs is 2. The second kappa shape index (κ2) is 6.91. The maximum atomic E-state index is 13.6. The van der Waals surface area contributed by atoms with Gasteiger partial charge in [-0.2, -0.15) is 9.61 Å². The van der Waals surface area contributed by atoms with E-state index in [0.29, 0.717) is 43.3 Å². The number of nitrogens with zero attached hydrogens (tertiary/aromatic N) is 6. The zero-order valence-electron chi connectivity index (χ0n) is 17.3. The van der Waals surface area contributed by atoms with Crippen molar-refractivity contribution in [2.75, 3.05) is 25.1 Å². The summed E-state index contributed by atoms with van der Waals surface area (Å²) in [6.45, 7) is 1.33. The highest BCUT2D eigenvalue weighted by molar-refractivity contribution is 5.88. The van der Waals surface area contributed by atoms with Crippen LogP contribution in [0.3, 0.4) is 0 Å². The second-order valence-electron chi connectivity index (χ2n) is 8.39. The van der Waals surface area contributed by atoms with E-state index in [4.69, 9.17) is 9.47 Å². The highest BCUT2D eigenvalue weighted by atomic mass is 16.6. The van der Waals surface area contributed by atoms with E-state index in [1.165, 1.54) is 11.9 Å². The lowest BCUT2D eigenvalue weighted by Gasteiger charge is -2.37. The molecular formula is C22H24N6O3. The molecule has 0 saturated carbocycles. The molecule has 2 aromatic heterocycles. The summed E-state index contributed by atoms with van der Waals surface area (Å²) in [7, 11) is 1.59. The van der Waals surface area contributed by atoms with Crippen molar-refractivity contribution in [3.05, 3.63) is 48.4 Å². The summed E-state index contributed by atoms with van der Waals surface area (Å²) in [4.78, 5) is 26.5. The Morgan fingerprint density at radius 3 is 2.71 bits per heavy atom. The van der Waals surface area contributed by atoms with Gasteiger partial charge in [-0.25, -0.2) is 9.97 Å². The molecule has 3 saturated heterocycles. The molecule has 0 N–H and O–H groups in total. The molecule has 0 radical (unpaired) electrons. The van der Waals surface area contributed by atoms with E-state index in [-0.39, 0.29) is 18.2 Å². The van der Waals surface area contributed by atoms with Gasteiger partial charge in [-0.1, -0.05) is 30.3 Å². The predicted molar refractivity (Wildman–Crippen MR) is 112 cm³/mol. The normalized spacial score (nSPS) is 24.9. The number of anilines is 1. The SMILES string of the molecule is COc1cnc(N2CCC3(CC2)O[C@@H]2CC[C@@H](c4ccccc4)N2C3=O)n2ncnc12. The first-order valence-corrected chi connectivity index (χ1v) is 10.7. The van der Waals surface area contributed by atoms with Crippen LogP contribution in [-0.4, -0.2) is 62.4 Å². The Labute approximate surface area is 179 Å². The van der Waals surface area contributed by atoms with Crippen LogP contribution in [-0.2, 0) is 9.53 Å². The van der Waals surface area contributed by atoms with Crippen molar-refractivity contribution >= 4 is 17.5 Å². The van der Waals surface area contributed by atoms with Crippen molar-refractivity contribution in [1.82, 2.24) is 24.5 Å². The molecule has 6 rings (SSSR count). The lowest BCUT2D eigenvalue weighted by Crippen LogP contribution is -2.51. The van der Waals surface area contributed by atoms with Gasteiger partial charge in [0.25, 0.3) is 5.91 Å². The van der Waals surface area contributed by atoms with Crippen LogP contribution in [0.15, 0.2) is 42.9 Å². The van der Waals surface area contributed by atoms with Gasteiger partial charge >= 0.3 is 0 Å². The minimum absolute atomic E-state index is 0.106. The van der Waals surface area contributed by atoms with Gasteiger partial charge in [0.2, 0.25) is 11.6 Å². The second-order valence-corrected chi connectivity index (χ2v) is 8.39. The number of hydrogen-bond donors (Lipinski definition) is 0. The summed E-state index contributed by atoms with van der Waals surface area (Å²) in [5.41, 5.74) is 1.09. The Morgan fingerprint density at radius 2 is 1.94 bits per heavy atom. The summed E-state index contributed by atoms with van der Waals surface area (Å²) >= 11 is 0. The fourth-order valence-electron chi connectivity index (χ4n) is 5.26. The minimum atomic E-state index is -0.734. The van der Waals surface area contributed by atoms with Gasteiger partial charge in [-0.15, -0.1) is 0 Å². The number of ether oxygens (including phenoxy) is 2. The third kappa shape index (κ3) is 2.72. The largest absolute Gasteiger partial charge is 0.491 e. The Hall–Kier alpha value is -3.20. The van der Waals surface area contributed by atoms with Crippen LogP contribution in [0.25, 0.3) is 5.65 Å². The van der Waals surface area contributed by atoms with Crippen LogP contribution in [0.1, 0.15) is 37.3 Å². The summed E-state index contributed by atoms with van der Waals surface area (Å²) < 4.78 is 13.5. The van der Waals surface area contributed by atoms with Crippen LogP contribution >= 0.6 is 0 Å². The molecule has 0 bridgehead atoms. The average molecular weight is 420 g/mol. The number of aromatic nitrogens is 4. The van der Waals surface area contributed by atoms with E-state index >= 15 is 0 Å². The summed E-state index contributed by atoms with van der Waals surface area (Å²) in [5.74, 6) is 1.42. The zero-order valence-corrected chi connectivity index (χ0v) is 17.3. The smallest absolute Gasteiger partial charge is 0.257 e. The Balaban J connectivity index is 1.23. The molecular weight excluding hydrogens is 396 g/mol. The minimum Gasteiger partial charge on any atom is -0.491 e. The van der Waals surface area contributed by atoms with E-state index in [2.05, 4.69) is 32.1 Å². The van der Waals surface area contributed by atoms with Crippen molar-refractivity contribution in [3.8, 4) is 5.75 Å². The maximum Gasteiger partial charge on any atom is 0.257 e. The van der Waals surface area contributed by atoms with Crippen LogP contribution < -0.4 is 9.64 Å². The van der Waals surface area contributed by atoms with Crippen LogP contribution in [0.5, 0.6) is 5.75 Å². The van der Waals surface area contributed by atoms with E-state index < -0.39 is 5.60 Å². The highest BCUT2D eigenvalue weighted by Crippen LogP contribution is 2.47. The molecule has 5 heterocycles. The van der Waals surface area contributed by atoms with Gasteiger partial charge in [-0.05, 0) is 18.4 Å². The maximum absolute atomic E-state index is 13.6. The number of benzene rings is 1. The topological polar surface area (TPSA) is 85.1 Å². The Bertz CT molecular complexity index is 1120. The number of piperidine rings is 1. The summed E-state index contributed by atoms with van der Waals surface area (Å²) in [6.07, 6.45) is 6.14. The molecule has 3 aliphatic heterocycles. The molecule has 1 amide bonds. The number of amides is 1. The van der Waals surface area contributed by atoms with Gasteiger partial charge in [0.15, 0.2) is 11.4 Å². The number of carbonyl (C=O) groups is 1. The molecule has 1 aromatic carbocycles. The third-order valence-corrected chi connectivity index (χ3v) is 6.83. The number of hydrogen-bond acceptors (Lipinski definition) is 7. The van der Waals surface area contributed by atoms with E-state index in [1.807, 2.05) is 23.1 Å². The fraction of sp³-hybridized carbons (Fsp3) is 0.455. The van der Waals surface area contributed by atoms with E-state index in [9.17, 15) is 4.79 Å². The summed E-state index contributed by atoms with van der Waals surface area (Å²) in [5, 5.41) is 4.31. The van der Waals surface area contributed by atoms with Crippen molar-refractivity contribution in [1.29, 1.82) is 0 Å². The lowest BCUT2D eigenvalue weighted by molar-refractivity contribution is -0.140. The number of carbonyl (C=O) groups excluding carboxylic acids is 1. The third-order valence-electron chi connectivity index (χ3n) is 6.83. The number of methoxy groups -OCH3 is 1. The number of rotatable bonds is 3. The molecule has 160 valence electrons. The summed E-state index contributed by atoms with van der Waals surface area (Å²) in [6, 6.07) is 10.4. The Morgan fingerprint density at radius 1 is 1.13 bits per heavy atom. The van der Waals surface area contributed by atoms with Gasteiger partial charge in [0, 0.05) is 25.9 Å². The quantitative estimate of drug-likeness (QED) is 0.642. The molecule has 3 aromatic rings. The first kappa shape index (κ1) is 18.6. The molecule has 9 nitrogen and oxygen atoms in total. The van der Waals surface area contributed by atoms with Crippen molar-refractivity contribution in [2.24, 2.45) is 0 Å². The standard InChI is InChI=1S/C22H24N6O3/c1-30-17-13-23-21(28-19(17)24-14-25-28)26-11-9-22(10-12-26)20(29)27-16(7-8-18(27)31-22)15-5-3-2-4-6-15/h2-6,13-14,16,18H,7-12H2,1H3/t16-,18+/m0/s1. The van der Waals surface area contributed by atoms with Gasteiger partial charge in [0.05, 0.1) is 19.3 Å². The molecule has 9 heteroatoms. The molecule has 0 aliphatic carbocycles.